The van der Waals surface area contributed by atoms with Gasteiger partial charge in [0.2, 0.25) is 0 Å². The van der Waals surface area contributed by atoms with Crippen molar-refractivity contribution in [2.24, 2.45) is 0 Å². The van der Waals surface area contributed by atoms with E-state index in [1.54, 1.807) is 0 Å². The van der Waals surface area contributed by atoms with Gasteiger partial charge >= 0.3 is 0 Å². The van der Waals surface area contributed by atoms with Gasteiger partial charge in [-0.2, -0.15) is 0 Å². The molecule has 4 rings (SSSR count). The first-order chi connectivity index (χ1) is 11.8. The molecule has 3 aromatic rings. The molecular weight excluding hydrogens is 294 g/mol. The fourth-order valence-corrected chi connectivity index (χ4v) is 3.39. The van der Waals surface area contributed by atoms with Crippen LogP contribution in [0.2, 0.25) is 0 Å². The molecule has 1 unspecified atom stereocenters. The highest BCUT2D eigenvalue weighted by atomic mass is 16.1. The second kappa shape index (κ2) is 6.32. The van der Waals surface area contributed by atoms with Gasteiger partial charge in [0.05, 0.1) is 6.04 Å². The number of hydrogen-bond donors (Lipinski definition) is 1. The van der Waals surface area contributed by atoms with Gasteiger partial charge in [-0.25, -0.2) is 0 Å². The Bertz CT molecular complexity index is 853. The third kappa shape index (κ3) is 2.83. The summed E-state index contributed by atoms with van der Waals surface area (Å²) in [5, 5.41) is 3.17. The van der Waals surface area contributed by atoms with E-state index in [-0.39, 0.29) is 11.9 Å². The number of nitrogens with one attached hydrogen (secondary N) is 1. The zero-order valence-electron chi connectivity index (χ0n) is 13.4. The SMILES string of the molecule is O=C(NC1CCc2ccccc21)c1ccc(-c2ccccc2)cc1. The fraction of sp³-hybridized carbons (Fsp3) is 0.136. The van der Waals surface area contributed by atoms with Gasteiger partial charge in [0, 0.05) is 5.56 Å². The lowest BCUT2D eigenvalue weighted by atomic mass is 10.0. The first-order valence-corrected chi connectivity index (χ1v) is 8.35. The lowest BCUT2D eigenvalue weighted by molar-refractivity contribution is 0.0937. The molecule has 0 heterocycles. The molecule has 2 heteroatoms. The molecule has 118 valence electrons. The van der Waals surface area contributed by atoms with Crippen molar-refractivity contribution in [3.63, 3.8) is 0 Å². The summed E-state index contributed by atoms with van der Waals surface area (Å²) in [6.45, 7) is 0. The summed E-state index contributed by atoms with van der Waals surface area (Å²) in [5.74, 6) is -0.00341. The van der Waals surface area contributed by atoms with Crippen LogP contribution >= 0.6 is 0 Å². The number of benzene rings is 3. The van der Waals surface area contributed by atoms with Crippen LogP contribution in [0.5, 0.6) is 0 Å². The van der Waals surface area contributed by atoms with Gasteiger partial charge in [-0.3, -0.25) is 4.79 Å². The monoisotopic (exact) mass is 313 g/mol. The van der Waals surface area contributed by atoms with E-state index in [1.807, 2.05) is 48.5 Å². The molecule has 1 aliphatic carbocycles. The predicted molar refractivity (Wildman–Crippen MR) is 96.8 cm³/mol. The molecule has 3 aromatic carbocycles. The number of fused-ring (bicyclic) bond motifs is 1. The summed E-state index contributed by atoms with van der Waals surface area (Å²) in [4.78, 5) is 12.5. The molecule has 0 fully saturated rings. The van der Waals surface area contributed by atoms with E-state index in [1.165, 1.54) is 11.1 Å². The summed E-state index contributed by atoms with van der Waals surface area (Å²) in [5.41, 5.74) is 5.60. The molecule has 1 amide bonds. The van der Waals surface area contributed by atoms with Crippen molar-refractivity contribution in [3.8, 4) is 11.1 Å². The zero-order valence-corrected chi connectivity index (χ0v) is 13.4. The second-order valence-electron chi connectivity index (χ2n) is 6.21. The van der Waals surface area contributed by atoms with Gasteiger partial charge in [0.25, 0.3) is 5.91 Å². The van der Waals surface area contributed by atoms with Gasteiger partial charge in [0.1, 0.15) is 0 Å². The predicted octanol–water partition coefficient (Wildman–Crippen LogP) is 4.77. The van der Waals surface area contributed by atoms with Crippen LogP contribution in [0.15, 0.2) is 78.9 Å². The first-order valence-electron chi connectivity index (χ1n) is 8.35. The Morgan fingerprint density at radius 3 is 2.25 bits per heavy atom. The number of hydrogen-bond acceptors (Lipinski definition) is 1. The minimum Gasteiger partial charge on any atom is -0.345 e. The van der Waals surface area contributed by atoms with Crippen LogP contribution in [0.3, 0.4) is 0 Å². The van der Waals surface area contributed by atoms with E-state index >= 15 is 0 Å². The lowest BCUT2D eigenvalue weighted by Crippen LogP contribution is -2.27. The van der Waals surface area contributed by atoms with Crippen molar-refractivity contribution < 1.29 is 4.79 Å². The minimum atomic E-state index is -0.00341. The standard InChI is InChI=1S/C22H19NO/c24-22(23-21-15-14-18-8-4-5-9-20(18)21)19-12-10-17(11-13-19)16-6-2-1-3-7-16/h1-13,21H,14-15H2,(H,23,24). The molecule has 1 N–H and O–H groups in total. The third-order valence-electron chi connectivity index (χ3n) is 4.69. The number of rotatable bonds is 3. The largest absolute Gasteiger partial charge is 0.345 e. The average Bonchev–Trinajstić information content (AvgIpc) is 3.06. The maximum atomic E-state index is 12.5. The van der Waals surface area contributed by atoms with E-state index in [4.69, 9.17) is 0 Å². The molecule has 2 nitrogen and oxygen atoms in total. The quantitative estimate of drug-likeness (QED) is 0.741. The summed E-state index contributed by atoms with van der Waals surface area (Å²) in [7, 11) is 0. The Kier molecular flexibility index (Phi) is 3.87. The topological polar surface area (TPSA) is 29.1 Å². The smallest absolute Gasteiger partial charge is 0.251 e. The second-order valence-corrected chi connectivity index (χ2v) is 6.21. The van der Waals surface area contributed by atoms with Crippen molar-refractivity contribution in [2.75, 3.05) is 0 Å². The normalized spacial score (nSPS) is 15.8. The van der Waals surface area contributed by atoms with Crippen molar-refractivity contribution in [2.45, 2.75) is 18.9 Å². The first kappa shape index (κ1) is 14.7. The number of amides is 1. The highest BCUT2D eigenvalue weighted by Crippen LogP contribution is 2.31. The maximum Gasteiger partial charge on any atom is 0.251 e. The minimum absolute atomic E-state index is 0.00341. The molecule has 0 bridgehead atoms. The molecule has 0 spiro atoms. The van der Waals surface area contributed by atoms with Crippen LogP contribution in [-0.4, -0.2) is 5.91 Å². The van der Waals surface area contributed by atoms with Crippen molar-refractivity contribution in [3.05, 3.63) is 95.6 Å². The van der Waals surface area contributed by atoms with Gasteiger partial charge in [-0.1, -0.05) is 66.7 Å². The third-order valence-corrected chi connectivity index (χ3v) is 4.69. The average molecular weight is 313 g/mol. The van der Waals surface area contributed by atoms with Gasteiger partial charge in [-0.15, -0.1) is 0 Å². The molecule has 0 aliphatic heterocycles. The van der Waals surface area contributed by atoms with Crippen LogP contribution in [0.1, 0.15) is 33.9 Å². The Hall–Kier alpha value is -2.87. The van der Waals surface area contributed by atoms with Crippen LogP contribution in [0.4, 0.5) is 0 Å². The van der Waals surface area contributed by atoms with Crippen LogP contribution in [0.25, 0.3) is 11.1 Å². The molecule has 0 saturated heterocycles. The Morgan fingerprint density at radius 2 is 1.46 bits per heavy atom. The molecule has 0 aromatic heterocycles. The van der Waals surface area contributed by atoms with E-state index in [2.05, 4.69) is 35.6 Å². The molecule has 0 saturated carbocycles. The summed E-state index contributed by atoms with van der Waals surface area (Å²) in [6, 6.07) is 26.5. The molecule has 1 atom stereocenters. The summed E-state index contributed by atoms with van der Waals surface area (Å²) < 4.78 is 0. The van der Waals surface area contributed by atoms with Crippen LogP contribution in [-0.2, 0) is 6.42 Å². The fourth-order valence-electron chi connectivity index (χ4n) is 3.39. The number of carbonyl (C=O) groups is 1. The Balaban J connectivity index is 1.50. The Labute approximate surface area is 142 Å². The Morgan fingerprint density at radius 1 is 0.792 bits per heavy atom. The number of carbonyl (C=O) groups excluding carboxylic acids is 1. The lowest BCUT2D eigenvalue weighted by Gasteiger charge is -2.14. The van der Waals surface area contributed by atoms with E-state index in [0.29, 0.717) is 5.56 Å². The van der Waals surface area contributed by atoms with Crippen molar-refractivity contribution in [1.29, 1.82) is 0 Å². The van der Waals surface area contributed by atoms with Crippen LogP contribution < -0.4 is 5.32 Å². The molecular formula is C22H19NO. The van der Waals surface area contributed by atoms with E-state index in [0.717, 1.165) is 24.0 Å². The molecule has 0 radical (unpaired) electrons. The van der Waals surface area contributed by atoms with Gasteiger partial charge in [-0.05, 0) is 47.2 Å². The van der Waals surface area contributed by atoms with Crippen LogP contribution in [0, 0.1) is 0 Å². The highest BCUT2D eigenvalue weighted by molar-refractivity contribution is 5.95. The highest BCUT2D eigenvalue weighted by Gasteiger charge is 2.23. The zero-order chi connectivity index (χ0) is 16.4. The van der Waals surface area contributed by atoms with E-state index in [9.17, 15) is 4.79 Å². The number of aryl methyl sites for hydroxylation is 1. The summed E-state index contributed by atoms with van der Waals surface area (Å²) in [6.07, 6.45) is 2.02. The maximum absolute atomic E-state index is 12.5. The molecule has 24 heavy (non-hydrogen) atoms. The van der Waals surface area contributed by atoms with Crippen molar-refractivity contribution >= 4 is 5.91 Å². The van der Waals surface area contributed by atoms with Crippen molar-refractivity contribution in [1.82, 2.24) is 5.32 Å². The van der Waals surface area contributed by atoms with Gasteiger partial charge in [0.15, 0.2) is 0 Å². The van der Waals surface area contributed by atoms with Gasteiger partial charge < -0.3 is 5.32 Å². The van der Waals surface area contributed by atoms with E-state index < -0.39 is 0 Å². The molecule has 1 aliphatic rings. The summed E-state index contributed by atoms with van der Waals surface area (Å²) >= 11 is 0.